The molecule has 0 radical (unpaired) electrons. The van der Waals surface area contributed by atoms with Gasteiger partial charge in [-0.25, -0.2) is 5.43 Å². The fourth-order valence-corrected chi connectivity index (χ4v) is 3.44. The number of carbonyl (C=O) groups excluding carboxylic acids is 3. The molecule has 1 aliphatic carbocycles. The van der Waals surface area contributed by atoms with Crippen molar-refractivity contribution in [3.8, 4) is 5.75 Å². The molecule has 0 bridgehead atoms. The number of benzene rings is 2. The minimum Gasteiger partial charge on any atom is -0.484 e. The second-order valence-electron chi connectivity index (χ2n) is 7.71. The van der Waals surface area contributed by atoms with Crippen LogP contribution in [0.15, 0.2) is 59.7 Å². The van der Waals surface area contributed by atoms with Gasteiger partial charge in [0.05, 0.1) is 12.3 Å². The van der Waals surface area contributed by atoms with E-state index in [9.17, 15) is 14.4 Å². The second-order valence-corrected chi connectivity index (χ2v) is 7.71. The van der Waals surface area contributed by atoms with Crippen molar-refractivity contribution in [3.05, 3.63) is 65.7 Å². The standard InChI is InChI=1S/C24H28N4O4/c1-17(19-7-3-2-4-8-19)26-22(29)16-32-21-13-11-18(12-14-21)15-25-28-24(31)23(30)27-20-9-5-6-10-20/h2-4,7-8,11-15,17,20H,5-6,9-10,16H2,1H3,(H,26,29)(H,27,30)(H,28,31)/b25-15-/t17-/m1/s1. The maximum absolute atomic E-state index is 12.1. The Balaban J connectivity index is 1.39. The molecule has 1 saturated carbocycles. The molecule has 8 nitrogen and oxygen atoms in total. The smallest absolute Gasteiger partial charge is 0.329 e. The quantitative estimate of drug-likeness (QED) is 0.335. The second kappa shape index (κ2) is 11.6. The zero-order chi connectivity index (χ0) is 22.8. The Morgan fingerprint density at radius 2 is 1.72 bits per heavy atom. The largest absolute Gasteiger partial charge is 0.484 e. The first-order valence-electron chi connectivity index (χ1n) is 10.7. The van der Waals surface area contributed by atoms with Crippen molar-refractivity contribution in [2.45, 2.75) is 44.7 Å². The summed E-state index contributed by atoms with van der Waals surface area (Å²) >= 11 is 0. The molecular formula is C24H28N4O4. The van der Waals surface area contributed by atoms with E-state index in [1.54, 1.807) is 24.3 Å². The SMILES string of the molecule is C[C@@H](NC(=O)COc1ccc(/C=N\NC(=O)C(=O)NC2CCCC2)cc1)c1ccccc1. The van der Waals surface area contributed by atoms with E-state index in [-0.39, 0.29) is 24.6 Å². The zero-order valence-electron chi connectivity index (χ0n) is 18.0. The van der Waals surface area contributed by atoms with Crippen molar-refractivity contribution in [2.75, 3.05) is 6.61 Å². The summed E-state index contributed by atoms with van der Waals surface area (Å²) in [6.07, 6.45) is 5.39. The summed E-state index contributed by atoms with van der Waals surface area (Å²) < 4.78 is 5.52. The van der Waals surface area contributed by atoms with E-state index in [0.29, 0.717) is 11.3 Å². The predicted molar refractivity (Wildman–Crippen MR) is 121 cm³/mol. The summed E-state index contributed by atoms with van der Waals surface area (Å²) in [5.41, 5.74) is 3.95. The highest BCUT2D eigenvalue weighted by Crippen LogP contribution is 2.17. The average molecular weight is 437 g/mol. The summed E-state index contributed by atoms with van der Waals surface area (Å²) in [7, 11) is 0. The fourth-order valence-electron chi connectivity index (χ4n) is 3.44. The number of hydrazone groups is 1. The highest BCUT2D eigenvalue weighted by Gasteiger charge is 2.21. The van der Waals surface area contributed by atoms with Crippen LogP contribution in [0.2, 0.25) is 0 Å². The fraction of sp³-hybridized carbons (Fsp3) is 0.333. The molecule has 3 N–H and O–H groups in total. The van der Waals surface area contributed by atoms with Gasteiger partial charge in [-0.2, -0.15) is 5.10 Å². The molecule has 3 rings (SSSR count). The number of nitrogens with zero attached hydrogens (tertiary/aromatic N) is 1. The average Bonchev–Trinajstić information content (AvgIpc) is 3.32. The van der Waals surface area contributed by atoms with Gasteiger partial charge < -0.3 is 15.4 Å². The van der Waals surface area contributed by atoms with Crippen LogP contribution in [0.1, 0.15) is 49.8 Å². The van der Waals surface area contributed by atoms with Crippen LogP contribution in [0.25, 0.3) is 0 Å². The molecule has 0 aliphatic heterocycles. The van der Waals surface area contributed by atoms with E-state index in [1.165, 1.54) is 6.21 Å². The Morgan fingerprint density at radius 3 is 2.41 bits per heavy atom. The number of nitrogens with one attached hydrogen (secondary N) is 3. The molecule has 0 saturated heterocycles. The Hall–Kier alpha value is -3.68. The van der Waals surface area contributed by atoms with E-state index in [2.05, 4.69) is 21.2 Å². The number of rotatable bonds is 8. The van der Waals surface area contributed by atoms with Crippen LogP contribution >= 0.6 is 0 Å². The van der Waals surface area contributed by atoms with Gasteiger partial charge >= 0.3 is 11.8 Å². The van der Waals surface area contributed by atoms with E-state index >= 15 is 0 Å². The van der Waals surface area contributed by atoms with Gasteiger partial charge in [-0.3, -0.25) is 14.4 Å². The maximum Gasteiger partial charge on any atom is 0.329 e. The Morgan fingerprint density at radius 1 is 1.03 bits per heavy atom. The molecule has 0 unspecified atom stereocenters. The van der Waals surface area contributed by atoms with E-state index < -0.39 is 11.8 Å². The van der Waals surface area contributed by atoms with Crippen molar-refractivity contribution in [1.82, 2.24) is 16.1 Å². The zero-order valence-corrected chi connectivity index (χ0v) is 18.0. The topological polar surface area (TPSA) is 109 Å². The molecule has 2 aromatic carbocycles. The molecule has 1 aliphatic rings. The lowest BCUT2D eigenvalue weighted by Gasteiger charge is -2.14. The van der Waals surface area contributed by atoms with Gasteiger partial charge in [0.1, 0.15) is 5.75 Å². The first kappa shape index (κ1) is 23.0. The minimum absolute atomic E-state index is 0.0772. The summed E-state index contributed by atoms with van der Waals surface area (Å²) in [6, 6.07) is 16.5. The number of hydrogen-bond donors (Lipinski definition) is 3. The molecule has 8 heteroatoms. The van der Waals surface area contributed by atoms with Gasteiger partial charge in [0.25, 0.3) is 5.91 Å². The van der Waals surface area contributed by atoms with Crippen LogP contribution in [0.5, 0.6) is 5.75 Å². The first-order chi connectivity index (χ1) is 15.5. The number of hydrogen-bond acceptors (Lipinski definition) is 5. The molecule has 0 aromatic heterocycles. The summed E-state index contributed by atoms with van der Waals surface area (Å²) in [4.78, 5) is 35.7. The number of amides is 3. The van der Waals surface area contributed by atoms with Gasteiger partial charge in [0, 0.05) is 6.04 Å². The van der Waals surface area contributed by atoms with Crippen LogP contribution in [0, 0.1) is 0 Å². The monoisotopic (exact) mass is 436 g/mol. The molecule has 0 spiro atoms. The predicted octanol–water partition coefficient (Wildman–Crippen LogP) is 2.45. The van der Waals surface area contributed by atoms with E-state index in [0.717, 1.165) is 31.2 Å². The highest BCUT2D eigenvalue weighted by atomic mass is 16.5. The van der Waals surface area contributed by atoms with Crippen molar-refractivity contribution in [1.29, 1.82) is 0 Å². The summed E-state index contributed by atoms with van der Waals surface area (Å²) in [5.74, 6) is -1.14. The van der Waals surface area contributed by atoms with Crippen LogP contribution in [-0.2, 0) is 14.4 Å². The van der Waals surface area contributed by atoms with Gasteiger partial charge in [-0.15, -0.1) is 0 Å². The lowest BCUT2D eigenvalue weighted by Crippen LogP contribution is -2.42. The molecule has 1 fully saturated rings. The minimum atomic E-state index is -0.788. The molecule has 3 amide bonds. The van der Waals surface area contributed by atoms with Crippen molar-refractivity contribution in [3.63, 3.8) is 0 Å². The lowest BCUT2D eigenvalue weighted by molar-refractivity contribution is -0.139. The first-order valence-corrected chi connectivity index (χ1v) is 10.7. The Bertz CT molecular complexity index is 938. The van der Waals surface area contributed by atoms with Gasteiger partial charge in [0.15, 0.2) is 6.61 Å². The Kier molecular flexibility index (Phi) is 8.36. The van der Waals surface area contributed by atoms with Crippen molar-refractivity contribution in [2.24, 2.45) is 5.10 Å². The third-order valence-corrected chi connectivity index (χ3v) is 5.20. The molecule has 0 heterocycles. The van der Waals surface area contributed by atoms with Crippen LogP contribution in [-0.4, -0.2) is 36.6 Å². The van der Waals surface area contributed by atoms with Crippen LogP contribution < -0.4 is 20.8 Å². The van der Waals surface area contributed by atoms with E-state index in [1.807, 2.05) is 37.3 Å². The van der Waals surface area contributed by atoms with Gasteiger partial charge in [0.2, 0.25) is 0 Å². The normalized spacial score (nSPS) is 14.7. The summed E-state index contributed by atoms with van der Waals surface area (Å²) in [6.45, 7) is 1.81. The molecule has 2 aromatic rings. The number of ether oxygens (including phenoxy) is 1. The molecule has 32 heavy (non-hydrogen) atoms. The van der Waals surface area contributed by atoms with Crippen LogP contribution in [0.3, 0.4) is 0 Å². The van der Waals surface area contributed by atoms with Crippen molar-refractivity contribution < 1.29 is 19.1 Å². The lowest BCUT2D eigenvalue weighted by atomic mass is 10.1. The Labute approximate surface area is 187 Å². The highest BCUT2D eigenvalue weighted by molar-refractivity contribution is 6.35. The maximum atomic E-state index is 12.1. The molecule has 1 atom stereocenters. The molecular weight excluding hydrogens is 408 g/mol. The third-order valence-electron chi connectivity index (χ3n) is 5.20. The van der Waals surface area contributed by atoms with Gasteiger partial charge in [-0.1, -0.05) is 43.2 Å². The summed E-state index contributed by atoms with van der Waals surface area (Å²) in [5, 5.41) is 9.41. The van der Waals surface area contributed by atoms with Crippen LogP contribution in [0.4, 0.5) is 0 Å². The molecule has 168 valence electrons. The van der Waals surface area contributed by atoms with Crippen molar-refractivity contribution >= 4 is 23.9 Å². The number of carbonyl (C=O) groups is 3. The van der Waals surface area contributed by atoms with E-state index in [4.69, 9.17) is 4.74 Å². The third kappa shape index (κ3) is 7.23. The van der Waals surface area contributed by atoms with Gasteiger partial charge in [-0.05, 0) is 55.2 Å².